The minimum atomic E-state index is -0.234. The quantitative estimate of drug-likeness (QED) is 0.496. The van der Waals surface area contributed by atoms with Crippen LogP contribution in [0.4, 0.5) is 5.82 Å². The molecule has 7 nitrogen and oxygen atoms in total. The number of anilines is 1. The number of hydrazine groups is 1. The van der Waals surface area contributed by atoms with E-state index in [0.29, 0.717) is 11.7 Å². The second kappa shape index (κ2) is 7.76. The van der Waals surface area contributed by atoms with E-state index in [1.165, 1.54) is 12.4 Å². The van der Waals surface area contributed by atoms with E-state index in [1.807, 2.05) is 14.1 Å². The predicted octanol–water partition coefficient (Wildman–Crippen LogP) is 0.468. The highest BCUT2D eigenvalue weighted by Crippen LogP contribution is 2.07. The van der Waals surface area contributed by atoms with E-state index in [4.69, 9.17) is 5.84 Å². The van der Waals surface area contributed by atoms with Crippen LogP contribution in [-0.4, -0.2) is 47.5 Å². The van der Waals surface area contributed by atoms with Crippen LogP contribution in [0.2, 0.25) is 0 Å². The summed E-state index contributed by atoms with van der Waals surface area (Å²) in [6, 6.07) is 0.0776. The molecule has 1 aromatic heterocycles. The van der Waals surface area contributed by atoms with Gasteiger partial charge in [0, 0.05) is 12.6 Å². The van der Waals surface area contributed by atoms with Crippen molar-refractivity contribution < 1.29 is 4.79 Å². The lowest BCUT2D eigenvalue weighted by atomic mass is 10.0. The molecule has 1 aromatic rings. The van der Waals surface area contributed by atoms with Crippen molar-refractivity contribution in [3.05, 3.63) is 18.1 Å². The predicted molar refractivity (Wildman–Crippen MR) is 79.1 cm³/mol. The van der Waals surface area contributed by atoms with Gasteiger partial charge >= 0.3 is 0 Å². The molecule has 1 amide bonds. The van der Waals surface area contributed by atoms with Gasteiger partial charge in [0.25, 0.3) is 5.91 Å². The lowest BCUT2D eigenvalue weighted by Crippen LogP contribution is -2.42. The fraction of sp³-hybridized carbons (Fsp3) is 0.615. The Morgan fingerprint density at radius 1 is 1.40 bits per heavy atom. The summed E-state index contributed by atoms with van der Waals surface area (Å²) >= 11 is 0. The largest absolute Gasteiger partial charge is 0.347 e. The Labute approximate surface area is 119 Å². The minimum absolute atomic E-state index is 0.0776. The fourth-order valence-electron chi connectivity index (χ4n) is 1.99. The number of hydrogen-bond donors (Lipinski definition) is 3. The van der Waals surface area contributed by atoms with Crippen molar-refractivity contribution in [1.82, 2.24) is 20.2 Å². The first kappa shape index (κ1) is 16.3. The van der Waals surface area contributed by atoms with Crippen LogP contribution in [0.1, 0.15) is 30.8 Å². The third-order valence-electron chi connectivity index (χ3n) is 2.69. The van der Waals surface area contributed by atoms with Crippen molar-refractivity contribution >= 4 is 11.7 Å². The fourth-order valence-corrected chi connectivity index (χ4v) is 1.99. The molecule has 0 aromatic carbocycles. The number of nitrogen functional groups attached to an aromatic ring is 1. The van der Waals surface area contributed by atoms with Gasteiger partial charge in [-0.05, 0) is 26.4 Å². The van der Waals surface area contributed by atoms with Gasteiger partial charge in [-0.15, -0.1) is 0 Å². The van der Waals surface area contributed by atoms with E-state index in [1.54, 1.807) is 0 Å². The van der Waals surface area contributed by atoms with E-state index in [-0.39, 0.29) is 17.6 Å². The standard InChI is InChI=1S/C13H24N6O/c1-9(2)5-10(8-19(3)4)16-13(20)11-6-15-7-12(17-11)18-14/h6-7,9-10H,5,8,14H2,1-4H3,(H,16,20)(H,17,18). The molecular formula is C13H24N6O. The lowest BCUT2D eigenvalue weighted by Gasteiger charge is -2.23. The number of nitrogens with one attached hydrogen (secondary N) is 2. The highest BCUT2D eigenvalue weighted by atomic mass is 16.2. The van der Waals surface area contributed by atoms with Crippen molar-refractivity contribution in [2.45, 2.75) is 26.3 Å². The molecule has 0 fully saturated rings. The average Bonchev–Trinajstić information content (AvgIpc) is 2.37. The van der Waals surface area contributed by atoms with Crippen molar-refractivity contribution in [2.24, 2.45) is 11.8 Å². The van der Waals surface area contributed by atoms with Crippen molar-refractivity contribution in [1.29, 1.82) is 0 Å². The van der Waals surface area contributed by atoms with Crippen LogP contribution >= 0.6 is 0 Å². The molecule has 20 heavy (non-hydrogen) atoms. The van der Waals surface area contributed by atoms with Gasteiger partial charge in [-0.25, -0.2) is 10.8 Å². The first-order valence-corrected chi connectivity index (χ1v) is 6.66. The van der Waals surface area contributed by atoms with Gasteiger partial charge < -0.3 is 15.6 Å². The smallest absolute Gasteiger partial charge is 0.271 e. The highest BCUT2D eigenvalue weighted by molar-refractivity contribution is 5.92. The van der Waals surface area contributed by atoms with Gasteiger partial charge in [-0.3, -0.25) is 9.78 Å². The molecular weight excluding hydrogens is 256 g/mol. The molecule has 0 radical (unpaired) electrons. The first-order chi connectivity index (χ1) is 9.42. The zero-order valence-corrected chi connectivity index (χ0v) is 12.6. The number of carbonyl (C=O) groups is 1. The number of hydrogen-bond acceptors (Lipinski definition) is 6. The van der Waals surface area contributed by atoms with Crippen molar-refractivity contribution in [2.75, 3.05) is 26.1 Å². The second-order valence-corrected chi connectivity index (χ2v) is 5.50. The maximum Gasteiger partial charge on any atom is 0.271 e. The Morgan fingerprint density at radius 2 is 2.10 bits per heavy atom. The Bertz CT molecular complexity index is 425. The third-order valence-corrected chi connectivity index (χ3v) is 2.69. The number of likely N-dealkylation sites (N-methyl/N-ethyl adjacent to an activating group) is 1. The summed E-state index contributed by atoms with van der Waals surface area (Å²) < 4.78 is 0. The molecule has 112 valence electrons. The monoisotopic (exact) mass is 280 g/mol. The van der Waals surface area contributed by atoms with Gasteiger partial charge in [0.1, 0.15) is 5.69 Å². The van der Waals surface area contributed by atoms with Crippen LogP contribution in [0.15, 0.2) is 12.4 Å². The number of aromatic nitrogens is 2. The minimum Gasteiger partial charge on any atom is -0.347 e. The molecule has 1 heterocycles. The van der Waals surface area contributed by atoms with E-state index in [9.17, 15) is 4.79 Å². The van der Waals surface area contributed by atoms with E-state index in [0.717, 1.165) is 13.0 Å². The SMILES string of the molecule is CC(C)CC(CN(C)C)NC(=O)c1cncc(NN)n1. The Kier molecular flexibility index (Phi) is 6.33. The summed E-state index contributed by atoms with van der Waals surface area (Å²) in [7, 11) is 3.97. The van der Waals surface area contributed by atoms with Crippen LogP contribution in [0, 0.1) is 5.92 Å². The van der Waals surface area contributed by atoms with Gasteiger partial charge in [-0.1, -0.05) is 13.8 Å². The van der Waals surface area contributed by atoms with Crippen LogP contribution in [0.25, 0.3) is 0 Å². The average molecular weight is 280 g/mol. The molecule has 4 N–H and O–H groups in total. The van der Waals surface area contributed by atoms with Crippen LogP contribution in [0.3, 0.4) is 0 Å². The molecule has 0 aliphatic rings. The van der Waals surface area contributed by atoms with E-state index >= 15 is 0 Å². The lowest BCUT2D eigenvalue weighted by molar-refractivity contribution is 0.0919. The van der Waals surface area contributed by atoms with Crippen LogP contribution in [-0.2, 0) is 0 Å². The Morgan fingerprint density at radius 3 is 2.65 bits per heavy atom. The van der Waals surface area contributed by atoms with Crippen LogP contribution < -0.4 is 16.6 Å². The highest BCUT2D eigenvalue weighted by Gasteiger charge is 2.17. The zero-order valence-electron chi connectivity index (χ0n) is 12.6. The molecule has 1 rings (SSSR count). The Hall–Kier alpha value is -1.73. The number of carbonyl (C=O) groups excluding carboxylic acids is 1. The molecule has 0 aliphatic carbocycles. The number of rotatable bonds is 7. The van der Waals surface area contributed by atoms with E-state index in [2.05, 4.69) is 39.5 Å². The van der Waals surface area contributed by atoms with Gasteiger partial charge in [0.15, 0.2) is 5.82 Å². The normalized spacial score (nSPS) is 12.6. The second-order valence-electron chi connectivity index (χ2n) is 5.50. The summed E-state index contributed by atoms with van der Waals surface area (Å²) in [5.74, 6) is 5.90. The summed E-state index contributed by atoms with van der Waals surface area (Å²) in [6.07, 6.45) is 3.80. The number of amides is 1. The summed E-state index contributed by atoms with van der Waals surface area (Å²) in [5, 5.41) is 3.00. The Balaban J connectivity index is 2.73. The van der Waals surface area contributed by atoms with E-state index < -0.39 is 0 Å². The van der Waals surface area contributed by atoms with Gasteiger partial charge in [0.05, 0.1) is 12.4 Å². The van der Waals surface area contributed by atoms with Gasteiger partial charge in [0.2, 0.25) is 0 Å². The topological polar surface area (TPSA) is 96.2 Å². The molecule has 1 unspecified atom stereocenters. The maximum atomic E-state index is 12.2. The maximum absolute atomic E-state index is 12.2. The molecule has 0 saturated heterocycles. The molecule has 0 bridgehead atoms. The van der Waals surface area contributed by atoms with Crippen molar-refractivity contribution in [3.63, 3.8) is 0 Å². The first-order valence-electron chi connectivity index (χ1n) is 6.66. The molecule has 0 saturated carbocycles. The number of nitrogens with zero attached hydrogens (tertiary/aromatic N) is 3. The summed E-state index contributed by atoms with van der Waals surface area (Å²) in [5.41, 5.74) is 2.64. The summed E-state index contributed by atoms with van der Waals surface area (Å²) in [6.45, 7) is 5.05. The van der Waals surface area contributed by atoms with Crippen LogP contribution in [0.5, 0.6) is 0 Å². The zero-order chi connectivity index (χ0) is 15.1. The van der Waals surface area contributed by atoms with Gasteiger partial charge in [-0.2, -0.15) is 0 Å². The third kappa shape index (κ3) is 5.50. The summed E-state index contributed by atoms with van der Waals surface area (Å²) in [4.78, 5) is 22.2. The molecule has 1 atom stereocenters. The molecule has 7 heteroatoms. The molecule has 0 aliphatic heterocycles. The molecule has 0 spiro atoms. The number of nitrogens with two attached hydrogens (primary N) is 1. The van der Waals surface area contributed by atoms with Crippen molar-refractivity contribution in [3.8, 4) is 0 Å².